The van der Waals surface area contributed by atoms with E-state index in [0.29, 0.717) is 0 Å². The largest absolute Gasteiger partial charge is 0.481 e. The van der Waals surface area contributed by atoms with Crippen LogP contribution in [-0.4, -0.2) is 29.7 Å². The molecule has 0 aliphatic rings. The zero-order valence-electron chi connectivity index (χ0n) is 14.9. The highest BCUT2D eigenvalue weighted by Gasteiger charge is 2.38. The summed E-state index contributed by atoms with van der Waals surface area (Å²) in [5.41, 5.74) is -1.78. The van der Waals surface area contributed by atoms with Gasteiger partial charge in [0.15, 0.2) is 5.81 Å². The summed E-state index contributed by atoms with van der Waals surface area (Å²) in [6, 6.07) is 0. The van der Waals surface area contributed by atoms with E-state index < -0.39 is 16.9 Å². The van der Waals surface area contributed by atoms with E-state index in [-0.39, 0.29) is 17.5 Å². The molecule has 0 aromatic heterocycles. The fourth-order valence-electron chi connectivity index (χ4n) is 2.36. The number of carboxylic acids is 1. The van der Waals surface area contributed by atoms with Crippen LogP contribution in [0.4, 0.5) is 4.79 Å². The van der Waals surface area contributed by atoms with Gasteiger partial charge in [0.05, 0.1) is 11.0 Å². The van der Waals surface area contributed by atoms with Gasteiger partial charge in [-0.25, -0.2) is 0 Å². The van der Waals surface area contributed by atoms with Crippen LogP contribution >= 0.6 is 0 Å². The third-order valence-electron chi connectivity index (χ3n) is 3.16. The Kier molecular flexibility index (Phi) is 7.13. The minimum Gasteiger partial charge on any atom is -0.481 e. The van der Waals surface area contributed by atoms with E-state index in [2.05, 4.69) is 5.32 Å². The molecule has 123 valence electrons. The average molecular weight is 306 g/mol. The van der Waals surface area contributed by atoms with E-state index in [1.165, 1.54) is 0 Å². The van der Waals surface area contributed by atoms with Crippen molar-refractivity contribution in [3.63, 3.8) is 0 Å². The van der Waals surface area contributed by atoms with Gasteiger partial charge in [0.25, 0.3) is 0 Å². The lowest BCUT2D eigenvalue weighted by atomic mass is 9.54. The Balaban J connectivity index is 5.52. The van der Waals surface area contributed by atoms with E-state index in [0.717, 1.165) is 0 Å². The number of aliphatic carboxylic acids is 1. The number of hydrogen-bond donors (Lipinski definition) is 2. The molecule has 0 atom stereocenters. The van der Waals surface area contributed by atoms with Crippen LogP contribution in [0.15, 0.2) is 24.3 Å². The van der Waals surface area contributed by atoms with Crippen molar-refractivity contribution in [3.8, 4) is 0 Å². The van der Waals surface area contributed by atoms with Crippen molar-refractivity contribution >= 4 is 19.1 Å². The number of carboxylic acid groups (broad SMARTS) is 1. The van der Waals surface area contributed by atoms with Crippen LogP contribution in [0, 0.1) is 5.41 Å². The maximum atomic E-state index is 12.3. The molecule has 0 fully saturated rings. The van der Waals surface area contributed by atoms with Gasteiger partial charge in [0.2, 0.25) is 7.28 Å². The molecule has 0 bridgehead atoms. The van der Waals surface area contributed by atoms with E-state index in [9.17, 15) is 14.7 Å². The van der Waals surface area contributed by atoms with Gasteiger partial charge >= 0.3 is 5.97 Å². The third kappa shape index (κ3) is 6.96. The van der Waals surface area contributed by atoms with E-state index in [4.69, 9.17) is 0 Å². The third-order valence-corrected chi connectivity index (χ3v) is 3.16. The Hall–Kier alpha value is -1.52. The molecule has 22 heavy (non-hydrogen) atoms. The summed E-state index contributed by atoms with van der Waals surface area (Å²) >= 11 is 0. The smallest absolute Gasteiger partial charge is 0.309 e. The molecule has 0 spiro atoms. The zero-order valence-corrected chi connectivity index (χ0v) is 14.9. The number of allylic oxidation sites excluding steroid dienone is 2. The number of rotatable bonds is 7. The summed E-state index contributed by atoms with van der Waals surface area (Å²) in [4.78, 5) is 23.8. The van der Waals surface area contributed by atoms with Gasteiger partial charge in [-0.2, -0.15) is 0 Å². The maximum absolute atomic E-state index is 12.3. The quantitative estimate of drug-likeness (QED) is 0.551. The monoisotopic (exact) mass is 306 g/mol. The Labute approximate surface area is 135 Å². The fraction of sp³-hybridized carbons (Fsp3) is 0.647. The first-order valence-electron chi connectivity index (χ1n) is 7.57. The first-order valence-corrected chi connectivity index (χ1v) is 7.57. The second kappa shape index (κ2) is 7.66. The molecule has 0 rings (SSSR count). The van der Waals surface area contributed by atoms with Crippen LogP contribution < -0.4 is 5.32 Å². The molecule has 0 unspecified atom stereocenters. The minimum absolute atomic E-state index is 0.204. The number of carbonyl (C=O) groups is 2. The zero-order chi connectivity index (χ0) is 17.6. The molecule has 5 heteroatoms. The molecule has 0 saturated heterocycles. The number of nitrogens with one attached hydrogen (secondary N) is 1. The molecule has 0 aliphatic heterocycles. The molecular weight excluding hydrogens is 277 g/mol. The van der Waals surface area contributed by atoms with Gasteiger partial charge < -0.3 is 10.4 Å². The van der Waals surface area contributed by atoms with Crippen LogP contribution in [0.5, 0.6) is 0 Å². The summed E-state index contributed by atoms with van der Waals surface area (Å²) in [5.74, 6) is -1.09. The van der Waals surface area contributed by atoms with Gasteiger partial charge in [0.1, 0.15) is 0 Å². The Bertz CT molecular complexity index is 447. The predicted octanol–water partition coefficient (Wildman–Crippen LogP) is 4.01. The van der Waals surface area contributed by atoms with Crippen LogP contribution in [0.25, 0.3) is 0 Å². The summed E-state index contributed by atoms with van der Waals surface area (Å²) in [6.07, 6.45) is 7.61. The minimum atomic E-state index is -0.964. The first kappa shape index (κ1) is 20.5. The molecule has 1 radical (unpaired) electrons. The van der Waals surface area contributed by atoms with Crippen molar-refractivity contribution in [1.29, 1.82) is 0 Å². The standard InChI is InChI=1S/C17H29BNO3/c1-8-10-17(11-9-2,12-16(6,7)13(20)21)19-14(22)18-15(3,4)5/h8-11H,12H2,1-7H3,(H,19,22)(H,20,21). The molecule has 2 N–H and O–H groups in total. The lowest BCUT2D eigenvalue weighted by Crippen LogP contribution is -2.51. The summed E-state index contributed by atoms with van der Waals surface area (Å²) in [5, 5.41) is 12.1. The van der Waals surface area contributed by atoms with Gasteiger partial charge in [-0.05, 0) is 34.1 Å². The molecule has 0 aromatic rings. The van der Waals surface area contributed by atoms with Crippen LogP contribution in [0.3, 0.4) is 0 Å². The van der Waals surface area contributed by atoms with E-state index in [1.807, 2.05) is 58.9 Å². The van der Waals surface area contributed by atoms with E-state index >= 15 is 0 Å². The molecular formula is C17H29BNO3. The second-order valence-corrected chi connectivity index (χ2v) is 7.41. The molecule has 0 saturated carbocycles. The van der Waals surface area contributed by atoms with E-state index in [1.54, 1.807) is 21.1 Å². The number of carbonyl (C=O) groups excluding carboxylic acids is 1. The summed E-state index contributed by atoms with van der Waals surface area (Å²) in [7, 11) is 1.61. The van der Waals surface area contributed by atoms with Crippen LogP contribution in [0.1, 0.15) is 54.9 Å². The SMILES string of the molecule is CC=CC(C=CC)(CC(C)(C)C(=O)O)NC(=O)[B]C(C)(C)C. The number of amides is 1. The average Bonchev–Trinajstić information content (AvgIpc) is 2.25. The molecule has 4 nitrogen and oxygen atoms in total. The van der Waals surface area contributed by atoms with Gasteiger partial charge in [-0.3, -0.25) is 9.59 Å². The highest BCUT2D eigenvalue weighted by molar-refractivity contribution is 6.75. The van der Waals surface area contributed by atoms with Crippen LogP contribution in [-0.2, 0) is 4.79 Å². The van der Waals surface area contributed by atoms with Crippen molar-refractivity contribution in [3.05, 3.63) is 24.3 Å². The molecule has 0 heterocycles. The van der Waals surface area contributed by atoms with Crippen molar-refractivity contribution < 1.29 is 14.7 Å². The second-order valence-electron chi connectivity index (χ2n) is 7.41. The van der Waals surface area contributed by atoms with Crippen molar-refractivity contribution in [2.45, 2.75) is 65.7 Å². The lowest BCUT2D eigenvalue weighted by molar-refractivity contribution is -0.147. The Morgan fingerprint density at radius 2 is 1.50 bits per heavy atom. The Morgan fingerprint density at radius 1 is 1.05 bits per heavy atom. The highest BCUT2D eigenvalue weighted by Crippen LogP contribution is 2.31. The predicted molar refractivity (Wildman–Crippen MR) is 92.4 cm³/mol. The molecule has 1 amide bonds. The summed E-state index contributed by atoms with van der Waals surface area (Å²) < 4.78 is 0. The van der Waals surface area contributed by atoms with Crippen molar-refractivity contribution in [1.82, 2.24) is 5.32 Å². The van der Waals surface area contributed by atoms with Crippen LogP contribution in [0.2, 0.25) is 5.31 Å². The Morgan fingerprint density at radius 3 is 1.82 bits per heavy atom. The fourth-order valence-corrected chi connectivity index (χ4v) is 2.36. The van der Waals surface area contributed by atoms with Gasteiger partial charge in [-0.1, -0.05) is 50.4 Å². The van der Waals surface area contributed by atoms with Crippen molar-refractivity contribution in [2.24, 2.45) is 5.41 Å². The van der Waals surface area contributed by atoms with Gasteiger partial charge in [-0.15, -0.1) is 0 Å². The molecule has 0 aliphatic carbocycles. The van der Waals surface area contributed by atoms with Crippen molar-refractivity contribution in [2.75, 3.05) is 0 Å². The highest BCUT2D eigenvalue weighted by atomic mass is 16.4. The topological polar surface area (TPSA) is 66.4 Å². The number of hydrogen-bond acceptors (Lipinski definition) is 2. The maximum Gasteiger partial charge on any atom is 0.309 e. The lowest BCUT2D eigenvalue weighted by Gasteiger charge is -2.35. The first-order chi connectivity index (χ1) is 9.87. The normalized spacial score (nSPS) is 15.8. The van der Waals surface area contributed by atoms with Gasteiger partial charge in [0, 0.05) is 0 Å². The summed E-state index contributed by atoms with van der Waals surface area (Å²) in [6.45, 7) is 12.9. The molecule has 0 aromatic carbocycles.